The molecule has 26 heavy (non-hydrogen) atoms. The third kappa shape index (κ3) is 4.97. The third-order valence-corrected chi connectivity index (χ3v) is 4.53. The van der Waals surface area contributed by atoms with Gasteiger partial charge in [0.15, 0.2) is 0 Å². The molecule has 2 amide bonds. The Morgan fingerprint density at radius 1 is 1.08 bits per heavy atom. The number of ketones is 1. The van der Waals surface area contributed by atoms with Crippen LogP contribution in [-0.4, -0.2) is 55.8 Å². The second kappa shape index (κ2) is 9.22. The second-order valence-electron chi connectivity index (χ2n) is 6.37. The predicted octanol–water partition coefficient (Wildman–Crippen LogP) is 1.79. The number of rotatable bonds is 7. The van der Waals surface area contributed by atoms with Crippen molar-refractivity contribution in [1.82, 2.24) is 10.2 Å². The molecule has 1 N–H and O–H groups in total. The molecule has 0 radical (unpaired) electrons. The van der Waals surface area contributed by atoms with Crippen molar-refractivity contribution in [3.8, 4) is 11.5 Å². The maximum Gasteiger partial charge on any atom is 0.259 e. The first-order valence-electron chi connectivity index (χ1n) is 8.75. The van der Waals surface area contributed by atoms with Crippen LogP contribution in [0.5, 0.6) is 11.5 Å². The van der Waals surface area contributed by atoms with Gasteiger partial charge in [-0.15, -0.1) is 0 Å². The Hall–Kier alpha value is -2.57. The van der Waals surface area contributed by atoms with E-state index in [9.17, 15) is 14.4 Å². The minimum Gasteiger partial charge on any atom is -0.496 e. The van der Waals surface area contributed by atoms with Gasteiger partial charge in [-0.1, -0.05) is 6.07 Å². The van der Waals surface area contributed by atoms with E-state index in [2.05, 4.69) is 5.32 Å². The molecular formula is C19H26N2O5. The quantitative estimate of drug-likeness (QED) is 0.799. The van der Waals surface area contributed by atoms with Gasteiger partial charge in [-0.05, 0) is 31.9 Å². The van der Waals surface area contributed by atoms with Gasteiger partial charge in [0.1, 0.15) is 22.8 Å². The van der Waals surface area contributed by atoms with E-state index in [0.29, 0.717) is 43.0 Å². The lowest BCUT2D eigenvalue weighted by molar-refractivity contribution is -0.133. The van der Waals surface area contributed by atoms with Crippen molar-refractivity contribution in [1.29, 1.82) is 0 Å². The number of nitrogens with zero attached hydrogens (tertiary/aromatic N) is 1. The number of benzene rings is 1. The first-order valence-corrected chi connectivity index (χ1v) is 8.75. The van der Waals surface area contributed by atoms with Crippen LogP contribution in [0.3, 0.4) is 0 Å². The highest BCUT2D eigenvalue weighted by atomic mass is 16.5. The van der Waals surface area contributed by atoms with E-state index < -0.39 is 0 Å². The highest BCUT2D eigenvalue weighted by Gasteiger charge is 2.26. The van der Waals surface area contributed by atoms with Crippen LogP contribution in [0.2, 0.25) is 0 Å². The zero-order valence-corrected chi connectivity index (χ0v) is 15.5. The first kappa shape index (κ1) is 19.8. The molecule has 0 saturated carbocycles. The van der Waals surface area contributed by atoms with Crippen LogP contribution < -0.4 is 14.8 Å². The molecule has 1 aromatic rings. The molecule has 0 unspecified atom stereocenters. The molecule has 1 aromatic carbocycles. The van der Waals surface area contributed by atoms with Crippen molar-refractivity contribution < 1.29 is 23.9 Å². The van der Waals surface area contributed by atoms with Crippen LogP contribution in [0.4, 0.5) is 0 Å². The molecule has 0 aromatic heterocycles. The Balaban J connectivity index is 1.93. The molecule has 1 saturated heterocycles. The number of hydrogen-bond donors (Lipinski definition) is 1. The monoisotopic (exact) mass is 362 g/mol. The first-order chi connectivity index (χ1) is 12.5. The van der Waals surface area contributed by atoms with Gasteiger partial charge in [0.05, 0.1) is 14.2 Å². The fourth-order valence-electron chi connectivity index (χ4n) is 3.05. The van der Waals surface area contributed by atoms with Crippen molar-refractivity contribution in [3.05, 3.63) is 23.8 Å². The summed E-state index contributed by atoms with van der Waals surface area (Å²) < 4.78 is 10.5. The summed E-state index contributed by atoms with van der Waals surface area (Å²) in [5.74, 6) is 0.681. The molecule has 1 aliphatic rings. The van der Waals surface area contributed by atoms with Crippen LogP contribution in [-0.2, 0) is 9.59 Å². The van der Waals surface area contributed by atoms with Gasteiger partial charge < -0.3 is 24.5 Å². The van der Waals surface area contributed by atoms with Gasteiger partial charge in [0.25, 0.3) is 5.91 Å². The number of carbonyl (C=O) groups is 3. The van der Waals surface area contributed by atoms with Crippen LogP contribution in [0.15, 0.2) is 18.2 Å². The summed E-state index contributed by atoms with van der Waals surface area (Å²) in [6, 6.07) is 5.18. The summed E-state index contributed by atoms with van der Waals surface area (Å²) in [6.07, 6.45) is 1.89. The molecule has 2 rings (SSSR count). The lowest BCUT2D eigenvalue weighted by Gasteiger charge is -2.32. The standard InChI is InChI=1S/C19H26N2O5/c1-13(22)7-8-17(23)21-11-9-14(10-12-21)20-19(24)18-15(25-2)5-4-6-16(18)26-3/h4-6,14H,7-12H2,1-3H3,(H,20,24). The van der Waals surface area contributed by atoms with E-state index in [1.807, 2.05) is 0 Å². The fourth-order valence-corrected chi connectivity index (χ4v) is 3.05. The SMILES string of the molecule is COc1cccc(OC)c1C(=O)NC1CCN(C(=O)CCC(C)=O)CC1. The van der Waals surface area contributed by atoms with E-state index in [1.54, 1.807) is 23.1 Å². The highest BCUT2D eigenvalue weighted by Crippen LogP contribution is 2.28. The number of nitrogens with one attached hydrogen (secondary N) is 1. The van der Waals surface area contributed by atoms with Gasteiger partial charge in [0, 0.05) is 32.0 Å². The molecule has 1 aliphatic heterocycles. The number of hydrogen-bond acceptors (Lipinski definition) is 5. The van der Waals surface area contributed by atoms with Crippen LogP contribution in [0.1, 0.15) is 43.0 Å². The molecule has 0 spiro atoms. The number of amides is 2. The summed E-state index contributed by atoms with van der Waals surface area (Å²) in [5, 5.41) is 3.00. The molecule has 7 heteroatoms. The van der Waals surface area contributed by atoms with Gasteiger partial charge in [-0.3, -0.25) is 9.59 Å². The van der Waals surface area contributed by atoms with Gasteiger partial charge >= 0.3 is 0 Å². The summed E-state index contributed by atoms with van der Waals surface area (Å²) in [7, 11) is 3.02. The predicted molar refractivity (Wildman–Crippen MR) is 96.5 cm³/mol. The Morgan fingerprint density at radius 3 is 2.15 bits per heavy atom. The van der Waals surface area contributed by atoms with Crippen molar-refractivity contribution >= 4 is 17.6 Å². The largest absolute Gasteiger partial charge is 0.496 e. The average molecular weight is 362 g/mol. The van der Waals surface area contributed by atoms with Crippen molar-refractivity contribution in [2.45, 2.75) is 38.6 Å². The number of piperidine rings is 1. The highest BCUT2D eigenvalue weighted by molar-refractivity contribution is 5.99. The Bertz CT molecular complexity index is 644. The number of Topliss-reactive ketones (excluding diaryl/α,β-unsaturated/α-hetero) is 1. The van der Waals surface area contributed by atoms with Gasteiger partial charge in [-0.2, -0.15) is 0 Å². The molecule has 1 heterocycles. The second-order valence-corrected chi connectivity index (χ2v) is 6.37. The van der Waals surface area contributed by atoms with E-state index in [-0.39, 0.29) is 36.5 Å². The lowest BCUT2D eigenvalue weighted by Crippen LogP contribution is -2.46. The van der Waals surface area contributed by atoms with Crippen molar-refractivity contribution in [2.75, 3.05) is 27.3 Å². The molecule has 0 bridgehead atoms. The number of likely N-dealkylation sites (tertiary alicyclic amines) is 1. The number of carbonyl (C=O) groups excluding carboxylic acids is 3. The van der Waals surface area contributed by atoms with Crippen LogP contribution >= 0.6 is 0 Å². The zero-order valence-electron chi connectivity index (χ0n) is 15.5. The Labute approximate surface area is 153 Å². The molecule has 0 aliphatic carbocycles. The minimum absolute atomic E-state index is 0.00336. The summed E-state index contributed by atoms with van der Waals surface area (Å²) in [5.41, 5.74) is 0.373. The molecular weight excluding hydrogens is 336 g/mol. The lowest BCUT2D eigenvalue weighted by atomic mass is 10.0. The van der Waals surface area contributed by atoms with Gasteiger partial charge in [0.2, 0.25) is 5.91 Å². The maximum atomic E-state index is 12.7. The maximum absolute atomic E-state index is 12.7. The topological polar surface area (TPSA) is 84.9 Å². The zero-order chi connectivity index (χ0) is 19.1. The molecule has 142 valence electrons. The summed E-state index contributed by atoms with van der Waals surface area (Å²) >= 11 is 0. The van der Waals surface area contributed by atoms with Gasteiger partial charge in [-0.25, -0.2) is 0 Å². The average Bonchev–Trinajstić information content (AvgIpc) is 2.65. The minimum atomic E-state index is -0.249. The van der Waals surface area contributed by atoms with Crippen molar-refractivity contribution in [3.63, 3.8) is 0 Å². The van der Waals surface area contributed by atoms with E-state index in [0.717, 1.165) is 0 Å². The fraction of sp³-hybridized carbons (Fsp3) is 0.526. The summed E-state index contributed by atoms with van der Waals surface area (Å²) in [6.45, 7) is 2.64. The van der Waals surface area contributed by atoms with Crippen LogP contribution in [0, 0.1) is 0 Å². The van der Waals surface area contributed by atoms with E-state index in [4.69, 9.17) is 9.47 Å². The Morgan fingerprint density at radius 2 is 1.65 bits per heavy atom. The molecule has 1 fully saturated rings. The van der Waals surface area contributed by atoms with E-state index >= 15 is 0 Å². The number of methoxy groups -OCH3 is 2. The Kier molecular flexibility index (Phi) is 7.00. The molecule has 0 atom stereocenters. The smallest absolute Gasteiger partial charge is 0.259 e. The normalized spacial score (nSPS) is 14.7. The summed E-state index contributed by atoms with van der Waals surface area (Å²) in [4.78, 5) is 37.5. The van der Waals surface area contributed by atoms with Crippen LogP contribution in [0.25, 0.3) is 0 Å². The van der Waals surface area contributed by atoms with E-state index in [1.165, 1.54) is 21.1 Å². The van der Waals surface area contributed by atoms with Crippen molar-refractivity contribution in [2.24, 2.45) is 0 Å². The number of ether oxygens (including phenoxy) is 2. The third-order valence-electron chi connectivity index (χ3n) is 4.53. The molecule has 7 nitrogen and oxygen atoms in total.